The van der Waals surface area contributed by atoms with Crippen LogP contribution in [-0.4, -0.2) is 18.4 Å². The number of anilines is 1. The summed E-state index contributed by atoms with van der Waals surface area (Å²) in [7, 11) is 0. The second kappa shape index (κ2) is 6.96. The molecule has 2 amide bonds. The Bertz CT molecular complexity index is 697. The number of fused-ring (bicyclic) bond motifs is 1. The number of amides is 2. The zero-order valence-electron chi connectivity index (χ0n) is 13.1. The van der Waals surface area contributed by atoms with Crippen LogP contribution in [0.15, 0.2) is 41.8 Å². The van der Waals surface area contributed by atoms with Gasteiger partial charge >= 0.3 is 0 Å². The van der Waals surface area contributed by atoms with Gasteiger partial charge in [-0.1, -0.05) is 24.3 Å². The summed E-state index contributed by atoms with van der Waals surface area (Å²) in [6.07, 6.45) is 2.28. The van der Waals surface area contributed by atoms with Crippen LogP contribution in [0.5, 0.6) is 0 Å². The van der Waals surface area contributed by atoms with E-state index in [1.54, 1.807) is 11.3 Å². The molecule has 23 heavy (non-hydrogen) atoms. The zero-order chi connectivity index (χ0) is 16.2. The van der Waals surface area contributed by atoms with Crippen LogP contribution in [0.2, 0.25) is 0 Å². The predicted octanol–water partition coefficient (Wildman–Crippen LogP) is 3.29. The van der Waals surface area contributed by atoms with Gasteiger partial charge in [0.1, 0.15) is 0 Å². The van der Waals surface area contributed by atoms with Gasteiger partial charge in [-0.05, 0) is 35.9 Å². The second-order valence-corrected chi connectivity index (χ2v) is 6.73. The van der Waals surface area contributed by atoms with E-state index >= 15 is 0 Å². The maximum absolute atomic E-state index is 12.8. The number of carbonyl (C=O) groups is 2. The first-order valence-corrected chi connectivity index (χ1v) is 8.72. The molecule has 5 heteroatoms. The molecule has 1 aliphatic rings. The van der Waals surface area contributed by atoms with Crippen molar-refractivity contribution in [2.75, 3.05) is 11.4 Å². The third kappa shape index (κ3) is 3.62. The summed E-state index contributed by atoms with van der Waals surface area (Å²) < 4.78 is 0. The van der Waals surface area contributed by atoms with Gasteiger partial charge in [-0.2, -0.15) is 0 Å². The molecule has 1 unspecified atom stereocenters. The first-order valence-electron chi connectivity index (χ1n) is 7.84. The summed E-state index contributed by atoms with van der Waals surface area (Å²) in [5.41, 5.74) is 2.23. The topological polar surface area (TPSA) is 49.4 Å². The van der Waals surface area contributed by atoms with E-state index < -0.39 is 0 Å². The van der Waals surface area contributed by atoms with Gasteiger partial charge in [-0.25, -0.2) is 0 Å². The van der Waals surface area contributed by atoms with E-state index in [0.29, 0.717) is 0 Å². The normalized spacial score (nSPS) is 14.9. The van der Waals surface area contributed by atoms with Crippen LogP contribution in [0.25, 0.3) is 0 Å². The molecule has 0 aliphatic carbocycles. The van der Waals surface area contributed by atoms with Gasteiger partial charge in [0, 0.05) is 24.0 Å². The molecule has 2 aromatic rings. The standard InChI is InChI=1S/C18H20N2O2S/c1-13(21)19-15(17-9-5-11-23-17)12-18(22)20-10-4-7-14-6-2-3-8-16(14)20/h2-3,5-6,8-9,11,15H,4,7,10,12H2,1H3,(H,19,21). The lowest BCUT2D eigenvalue weighted by atomic mass is 10.0. The molecule has 0 saturated carbocycles. The largest absolute Gasteiger partial charge is 0.348 e. The number of aryl methyl sites for hydroxylation is 1. The monoisotopic (exact) mass is 328 g/mol. The summed E-state index contributed by atoms with van der Waals surface area (Å²) in [5, 5.41) is 4.86. The van der Waals surface area contributed by atoms with Gasteiger partial charge in [0.2, 0.25) is 11.8 Å². The van der Waals surface area contributed by atoms with Gasteiger partial charge in [0.25, 0.3) is 0 Å². The molecule has 1 aromatic heterocycles. The average Bonchev–Trinajstić information content (AvgIpc) is 3.07. The Morgan fingerprint density at radius 2 is 2.09 bits per heavy atom. The highest BCUT2D eigenvalue weighted by molar-refractivity contribution is 7.10. The molecule has 4 nitrogen and oxygen atoms in total. The van der Waals surface area contributed by atoms with Crippen LogP contribution < -0.4 is 10.2 Å². The van der Waals surface area contributed by atoms with Crippen molar-refractivity contribution in [3.63, 3.8) is 0 Å². The van der Waals surface area contributed by atoms with E-state index in [0.717, 1.165) is 30.0 Å². The summed E-state index contributed by atoms with van der Waals surface area (Å²) >= 11 is 1.56. The summed E-state index contributed by atoms with van der Waals surface area (Å²) in [5.74, 6) is -0.0560. The highest BCUT2D eigenvalue weighted by Crippen LogP contribution is 2.29. The van der Waals surface area contributed by atoms with Crippen molar-refractivity contribution in [2.24, 2.45) is 0 Å². The number of nitrogens with zero attached hydrogens (tertiary/aromatic N) is 1. The molecular formula is C18H20N2O2S. The molecule has 1 aliphatic heterocycles. The Balaban J connectivity index is 1.79. The first kappa shape index (κ1) is 15.7. The molecule has 0 saturated heterocycles. The molecular weight excluding hydrogens is 308 g/mol. The molecule has 2 heterocycles. The number of hydrogen-bond acceptors (Lipinski definition) is 3. The molecule has 1 aromatic carbocycles. The number of benzene rings is 1. The highest BCUT2D eigenvalue weighted by Gasteiger charge is 2.26. The van der Waals surface area contributed by atoms with Crippen LogP contribution in [0.1, 0.15) is 36.2 Å². The molecule has 0 radical (unpaired) electrons. The fraction of sp³-hybridized carbons (Fsp3) is 0.333. The van der Waals surface area contributed by atoms with Crippen molar-refractivity contribution in [3.05, 3.63) is 52.2 Å². The lowest BCUT2D eigenvalue weighted by molar-refractivity contribution is -0.121. The summed E-state index contributed by atoms with van der Waals surface area (Å²) in [6.45, 7) is 2.23. The fourth-order valence-electron chi connectivity index (χ4n) is 3.04. The zero-order valence-corrected chi connectivity index (χ0v) is 13.9. The Labute approximate surface area is 140 Å². The van der Waals surface area contributed by atoms with Crippen molar-refractivity contribution < 1.29 is 9.59 Å². The summed E-state index contributed by atoms with van der Waals surface area (Å²) in [4.78, 5) is 27.2. The van der Waals surface area contributed by atoms with E-state index in [1.807, 2.05) is 40.6 Å². The van der Waals surface area contributed by atoms with Gasteiger partial charge in [-0.15, -0.1) is 11.3 Å². The lowest BCUT2D eigenvalue weighted by Crippen LogP contribution is -2.38. The fourth-order valence-corrected chi connectivity index (χ4v) is 3.81. The minimum absolute atomic E-state index is 0.0595. The van der Waals surface area contributed by atoms with Crippen molar-refractivity contribution in [3.8, 4) is 0 Å². The predicted molar refractivity (Wildman–Crippen MR) is 92.6 cm³/mol. The van der Waals surface area contributed by atoms with E-state index in [4.69, 9.17) is 0 Å². The Morgan fingerprint density at radius 1 is 1.26 bits per heavy atom. The maximum Gasteiger partial charge on any atom is 0.229 e. The van der Waals surface area contributed by atoms with Crippen LogP contribution >= 0.6 is 11.3 Å². The molecule has 3 rings (SSSR count). The van der Waals surface area contributed by atoms with Crippen molar-refractivity contribution in [1.29, 1.82) is 0 Å². The Morgan fingerprint density at radius 3 is 2.83 bits per heavy atom. The van der Waals surface area contributed by atoms with Gasteiger partial charge in [-0.3, -0.25) is 9.59 Å². The highest BCUT2D eigenvalue weighted by atomic mass is 32.1. The number of hydrogen-bond donors (Lipinski definition) is 1. The molecule has 0 fully saturated rings. The van der Waals surface area contributed by atoms with Crippen LogP contribution in [0.4, 0.5) is 5.69 Å². The van der Waals surface area contributed by atoms with E-state index in [1.165, 1.54) is 12.5 Å². The van der Waals surface area contributed by atoms with Crippen molar-refractivity contribution in [1.82, 2.24) is 5.32 Å². The van der Waals surface area contributed by atoms with Crippen molar-refractivity contribution in [2.45, 2.75) is 32.2 Å². The molecule has 1 atom stereocenters. The van der Waals surface area contributed by atoms with E-state index in [-0.39, 0.29) is 24.3 Å². The maximum atomic E-state index is 12.8. The SMILES string of the molecule is CC(=O)NC(CC(=O)N1CCCc2ccccc21)c1cccs1. The number of nitrogens with one attached hydrogen (secondary N) is 1. The number of para-hydroxylation sites is 1. The minimum atomic E-state index is -0.255. The quantitative estimate of drug-likeness (QED) is 0.936. The van der Waals surface area contributed by atoms with Crippen LogP contribution in [-0.2, 0) is 16.0 Å². The van der Waals surface area contributed by atoms with E-state index in [9.17, 15) is 9.59 Å². The molecule has 0 bridgehead atoms. The smallest absolute Gasteiger partial charge is 0.229 e. The van der Waals surface area contributed by atoms with Crippen molar-refractivity contribution >= 4 is 28.8 Å². The molecule has 0 spiro atoms. The first-order chi connectivity index (χ1) is 11.1. The Hall–Kier alpha value is -2.14. The second-order valence-electron chi connectivity index (χ2n) is 5.75. The van der Waals surface area contributed by atoms with Gasteiger partial charge in [0.15, 0.2) is 0 Å². The average molecular weight is 328 g/mol. The lowest BCUT2D eigenvalue weighted by Gasteiger charge is -2.30. The molecule has 120 valence electrons. The van der Waals surface area contributed by atoms with Gasteiger partial charge in [0.05, 0.1) is 12.5 Å². The number of rotatable bonds is 4. The van der Waals surface area contributed by atoms with Gasteiger partial charge < -0.3 is 10.2 Å². The minimum Gasteiger partial charge on any atom is -0.348 e. The third-order valence-electron chi connectivity index (χ3n) is 4.05. The Kier molecular flexibility index (Phi) is 4.76. The number of carbonyl (C=O) groups excluding carboxylic acids is 2. The molecule has 1 N–H and O–H groups in total. The number of thiophene rings is 1. The summed E-state index contributed by atoms with van der Waals surface area (Å²) in [6, 6.07) is 11.7. The van der Waals surface area contributed by atoms with Crippen LogP contribution in [0, 0.1) is 0 Å². The van der Waals surface area contributed by atoms with E-state index in [2.05, 4.69) is 11.4 Å². The third-order valence-corrected chi connectivity index (χ3v) is 5.04. The van der Waals surface area contributed by atoms with Crippen LogP contribution in [0.3, 0.4) is 0 Å².